The van der Waals surface area contributed by atoms with E-state index in [0.717, 1.165) is 5.56 Å². The number of benzene rings is 2. The smallest absolute Gasteiger partial charge is 0.226 e. The maximum absolute atomic E-state index is 12.2. The Bertz CT molecular complexity index is 810. The summed E-state index contributed by atoms with van der Waals surface area (Å²) in [6.45, 7) is 2.14. The molecule has 6 nitrogen and oxygen atoms in total. The van der Waals surface area contributed by atoms with E-state index < -0.39 is 0 Å². The lowest BCUT2D eigenvalue weighted by atomic mass is 10.1. The van der Waals surface area contributed by atoms with Crippen LogP contribution in [0.3, 0.4) is 0 Å². The third kappa shape index (κ3) is 5.89. The van der Waals surface area contributed by atoms with E-state index in [1.807, 2.05) is 12.1 Å². The molecule has 0 bridgehead atoms. The first-order valence-corrected chi connectivity index (χ1v) is 8.83. The number of rotatable bonds is 8. The first-order valence-electron chi connectivity index (χ1n) is 8.45. The molecule has 0 radical (unpaired) electrons. The van der Waals surface area contributed by atoms with Gasteiger partial charge >= 0.3 is 0 Å². The Morgan fingerprint density at radius 2 is 1.78 bits per heavy atom. The molecule has 2 aromatic rings. The molecule has 0 saturated heterocycles. The Balaban J connectivity index is 1.98. The van der Waals surface area contributed by atoms with Crippen LogP contribution in [0.15, 0.2) is 42.5 Å². The molecule has 0 atom stereocenters. The molecular weight excluding hydrogens is 368 g/mol. The molecule has 0 saturated carbocycles. The second kappa shape index (κ2) is 9.83. The zero-order valence-corrected chi connectivity index (χ0v) is 16.4. The Labute approximate surface area is 164 Å². The van der Waals surface area contributed by atoms with Crippen molar-refractivity contribution in [1.82, 2.24) is 4.90 Å². The summed E-state index contributed by atoms with van der Waals surface area (Å²) in [5, 5.41) is 3.23. The standard InChI is InChI=1S/C20H23ClN2O4/c1-14(24)23(13-15-8-9-18(26-2)19(12-15)27-3)11-10-20(25)22-17-7-5-4-6-16(17)21/h4-9,12H,10-11,13H2,1-3H3,(H,22,25). The minimum absolute atomic E-state index is 0.115. The molecule has 2 rings (SSSR count). The molecule has 2 aromatic carbocycles. The molecule has 7 heteroatoms. The second-order valence-electron chi connectivity index (χ2n) is 5.91. The van der Waals surface area contributed by atoms with Gasteiger partial charge in [-0.05, 0) is 29.8 Å². The van der Waals surface area contributed by atoms with Crippen molar-refractivity contribution in [2.45, 2.75) is 19.9 Å². The molecule has 0 aliphatic carbocycles. The number of para-hydroxylation sites is 1. The highest BCUT2D eigenvalue weighted by molar-refractivity contribution is 6.33. The SMILES string of the molecule is COc1ccc(CN(CCC(=O)Nc2ccccc2Cl)C(C)=O)cc1OC. The first kappa shape index (κ1) is 20.6. The highest BCUT2D eigenvalue weighted by Gasteiger charge is 2.14. The highest BCUT2D eigenvalue weighted by atomic mass is 35.5. The number of hydrogen-bond donors (Lipinski definition) is 1. The lowest BCUT2D eigenvalue weighted by Gasteiger charge is -2.21. The van der Waals surface area contributed by atoms with Gasteiger partial charge in [0.1, 0.15) is 0 Å². The summed E-state index contributed by atoms with van der Waals surface area (Å²) in [5.41, 5.74) is 1.44. The van der Waals surface area contributed by atoms with Crippen molar-refractivity contribution in [2.75, 3.05) is 26.1 Å². The molecule has 144 valence electrons. The van der Waals surface area contributed by atoms with Gasteiger partial charge in [-0.3, -0.25) is 9.59 Å². The molecular formula is C20H23ClN2O4. The maximum atomic E-state index is 12.2. The van der Waals surface area contributed by atoms with Crippen molar-refractivity contribution in [3.63, 3.8) is 0 Å². The minimum Gasteiger partial charge on any atom is -0.493 e. The van der Waals surface area contributed by atoms with Crippen molar-refractivity contribution < 1.29 is 19.1 Å². The summed E-state index contributed by atoms with van der Waals surface area (Å²) >= 11 is 6.04. The van der Waals surface area contributed by atoms with Crippen LogP contribution in [0.25, 0.3) is 0 Å². The summed E-state index contributed by atoms with van der Waals surface area (Å²) in [6.07, 6.45) is 0.165. The van der Waals surface area contributed by atoms with Gasteiger partial charge in [-0.2, -0.15) is 0 Å². The van der Waals surface area contributed by atoms with E-state index in [1.54, 1.807) is 49.5 Å². The molecule has 0 fully saturated rings. The molecule has 0 heterocycles. The zero-order valence-electron chi connectivity index (χ0n) is 15.6. The van der Waals surface area contributed by atoms with Gasteiger partial charge in [0.2, 0.25) is 11.8 Å². The summed E-state index contributed by atoms with van der Waals surface area (Å²) in [6, 6.07) is 12.5. The first-order chi connectivity index (χ1) is 12.9. The van der Waals surface area contributed by atoms with Crippen LogP contribution in [0.4, 0.5) is 5.69 Å². The van der Waals surface area contributed by atoms with Crippen LogP contribution in [0.1, 0.15) is 18.9 Å². The van der Waals surface area contributed by atoms with E-state index in [2.05, 4.69) is 5.32 Å². The number of halogens is 1. The largest absolute Gasteiger partial charge is 0.493 e. The number of anilines is 1. The number of amides is 2. The topological polar surface area (TPSA) is 67.9 Å². The number of carbonyl (C=O) groups is 2. The number of nitrogens with one attached hydrogen (secondary N) is 1. The Morgan fingerprint density at radius 1 is 1.07 bits per heavy atom. The third-order valence-electron chi connectivity index (χ3n) is 4.02. The van der Waals surface area contributed by atoms with Gasteiger partial charge in [0, 0.05) is 26.4 Å². The normalized spacial score (nSPS) is 10.2. The number of methoxy groups -OCH3 is 2. The Morgan fingerprint density at radius 3 is 2.41 bits per heavy atom. The van der Waals surface area contributed by atoms with Crippen LogP contribution in [-0.4, -0.2) is 37.5 Å². The summed E-state index contributed by atoms with van der Waals surface area (Å²) < 4.78 is 10.5. The molecule has 27 heavy (non-hydrogen) atoms. The molecule has 0 spiro atoms. The lowest BCUT2D eigenvalue weighted by molar-refractivity contribution is -0.129. The average Bonchev–Trinajstić information content (AvgIpc) is 2.66. The van der Waals surface area contributed by atoms with Crippen LogP contribution in [0.5, 0.6) is 11.5 Å². The molecule has 2 amide bonds. The summed E-state index contributed by atoms with van der Waals surface area (Å²) in [4.78, 5) is 25.8. The van der Waals surface area contributed by atoms with Crippen LogP contribution in [0, 0.1) is 0 Å². The number of carbonyl (C=O) groups excluding carboxylic acids is 2. The van der Waals surface area contributed by atoms with Gasteiger partial charge in [0.15, 0.2) is 11.5 Å². The summed E-state index contributed by atoms with van der Waals surface area (Å²) in [5.74, 6) is 0.890. The Kier molecular flexibility index (Phi) is 7.49. The molecule has 0 aliphatic rings. The van der Waals surface area contributed by atoms with Gasteiger partial charge in [0.25, 0.3) is 0 Å². The third-order valence-corrected chi connectivity index (χ3v) is 4.35. The van der Waals surface area contributed by atoms with Gasteiger partial charge in [-0.25, -0.2) is 0 Å². The van der Waals surface area contributed by atoms with E-state index in [9.17, 15) is 9.59 Å². The van der Waals surface area contributed by atoms with Gasteiger partial charge in [-0.1, -0.05) is 29.8 Å². The average molecular weight is 391 g/mol. The molecule has 0 aliphatic heterocycles. The quantitative estimate of drug-likeness (QED) is 0.745. The van der Waals surface area contributed by atoms with Crippen LogP contribution >= 0.6 is 11.6 Å². The van der Waals surface area contributed by atoms with E-state index in [-0.39, 0.29) is 18.2 Å². The fraction of sp³-hybridized carbons (Fsp3) is 0.300. The van der Waals surface area contributed by atoms with Crippen LogP contribution < -0.4 is 14.8 Å². The predicted molar refractivity (Wildman–Crippen MR) is 105 cm³/mol. The predicted octanol–water partition coefficient (Wildman–Crippen LogP) is 3.73. The van der Waals surface area contributed by atoms with Gasteiger partial charge in [0.05, 0.1) is 24.9 Å². The molecule has 0 aromatic heterocycles. The fourth-order valence-corrected chi connectivity index (χ4v) is 2.74. The van der Waals surface area contributed by atoms with Crippen molar-refractivity contribution in [2.24, 2.45) is 0 Å². The van der Waals surface area contributed by atoms with Crippen molar-refractivity contribution in [1.29, 1.82) is 0 Å². The van der Waals surface area contributed by atoms with E-state index in [0.29, 0.717) is 35.3 Å². The Hall–Kier alpha value is -2.73. The van der Waals surface area contributed by atoms with Crippen LogP contribution in [-0.2, 0) is 16.1 Å². The van der Waals surface area contributed by atoms with E-state index >= 15 is 0 Å². The second-order valence-corrected chi connectivity index (χ2v) is 6.32. The fourth-order valence-electron chi connectivity index (χ4n) is 2.56. The molecule has 0 unspecified atom stereocenters. The lowest BCUT2D eigenvalue weighted by Crippen LogP contribution is -2.31. The minimum atomic E-state index is -0.207. The number of hydrogen-bond acceptors (Lipinski definition) is 4. The number of nitrogens with zero attached hydrogens (tertiary/aromatic N) is 1. The van der Waals surface area contributed by atoms with Crippen molar-refractivity contribution >= 4 is 29.1 Å². The zero-order chi connectivity index (χ0) is 19.8. The monoisotopic (exact) mass is 390 g/mol. The van der Waals surface area contributed by atoms with Gasteiger partial charge in [-0.15, -0.1) is 0 Å². The van der Waals surface area contributed by atoms with E-state index in [1.165, 1.54) is 6.92 Å². The van der Waals surface area contributed by atoms with Gasteiger partial charge < -0.3 is 19.7 Å². The molecule has 1 N–H and O–H groups in total. The van der Waals surface area contributed by atoms with E-state index in [4.69, 9.17) is 21.1 Å². The van der Waals surface area contributed by atoms with Crippen molar-refractivity contribution in [3.05, 3.63) is 53.1 Å². The number of ether oxygens (including phenoxy) is 2. The maximum Gasteiger partial charge on any atom is 0.226 e. The van der Waals surface area contributed by atoms with Crippen LogP contribution in [0.2, 0.25) is 5.02 Å². The highest BCUT2D eigenvalue weighted by Crippen LogP contribution is 2.28. The summed E-state index contributed by atoms with van der Waals surface area (Å²) in [7, 11) is 3.13. The van der Waals surface area contributed by atoms with Crippen molar-refractivity contribution in [3.8, 4) is 11.5 Å².